The summed E-state index contributed by atoms with van der Waals surface area (Å²) in [7, 11) is 0. The first-order valence-electron chi connectivity index (χ1n) is 11.1. The molecule has 0 spiro atoms. The number of pyridine rings is 1. The summed E-state index contributed by atoms with van der Waals surface area (Å²) >= 11 is 3.09. The topological polar surface area (TPSA) is 68.3 Å². The molecule has 0 bridgehead atoms. The first kappa shape index (κ1) is 21.8. The van der Waals surface area contributed by atoms with E-state index in [9.17, 15) is 9.59 Å². The van der Waals surface area contributed by atoms with Crippen molar-refractivity contribution in [1.29, 1.82) is 0 Å². The summed E-state index contributed by atoms with van der Waals surface area (Å²) in [5, 5.41) is 6.41. The predicted octanol–water partition coefficient (Wildman–Crippen LogP) is 6.72. The van der Waals surface area contributed by atoms with Crippen LogP contribution in [-0.2, 0) is 17.6 Å². The summed E-state index contributed by atoms with van der Waals surface area (Å²) in [4.78, 5) is 33.5. The van der Waals surface area contributed by atoms with E-state index in [1.54, 1.807) is 11.3 Å². The Hall–Kier alpha value is -3.03. The average molecular weight is 477 g/mol. The number of nitrogens with zero attached hydrogens (tertiary/aromatic N) is 1. The largest absolute Gasteiger partial charge is 0.459 e. The molecule has 1 amide bonds. The number of esters is 1. The van der Waals surface area contributed by atoms with Gasteiger partial charge in [0.15, 0.2) is 0 Å². The summed E-state index contributed by atoms with van der Waals surface area (Å²) in [6, 6.07) is 13.4. The van der Waals surface area contributed by atoms with Crippen molar-refractivity contribution in [3.05, 3.63) is 69.4 Å². The normalized spacial score (nSPS) is 13.2. The quantitative estimate of drug-likeness (QED) is 0.325. The number of carbonyl (C=O) groups excluding carboxylic acids is 2. The highest BCUT2D eigenvalue weighted by molar-refractivity contribution is 7.17. The maximum absolute atomic E-state index is 13.6. The fourth-order valence-electron chi connectivity index (χ4n) is 4.23. The van der Waals surface area contributed by atoms with E-state index in [-0.39, 0.29) is 18.0 Å². The van der Waals surface area contributed by atoms with E-state index in [0.717, 1.165) is 52.7 Å². The third-order valence-electron chi connectivity index (χ3n) is 5.68. The van der Waals surface area contributed by atoms with Crippen LogP contribution < -0.4 is 5.32 Å². The maximum atomic E-state index is 13.6. The highest BCUT2D eigenvalue weighted by Gasteiger charge is 2.28. The van der Waals surface area contributed by atoms with E-state index in [1.807, 2.05) is 61.7 Å². The highest BCUT2D eigenvalue weighted by atomic mass is 32.1. The number of thiophene rings is 2. The first-order chi connectivity index (χ1) is 16.0. The third kappa shape index (κ3) is 4.30. The van der Waals surface area contributed by atoms with Gasteiger partial charge in [-0.1, -0.05) is 24.3 Å². The van der Waals surface area contributed by atoms with Crippen LogP contribution in [0.1, 0.15) is 57.8 Å². The number of ether oxygens (including phenoxy) is 1. The van der Waals surface area contributed by atoms with Gasteiger partial charge in [0.05, 0.1) is 33.3 Å². The van der Waals surface area contributed by atoms with E-state index in [0.29, 0.717) is 16.1 Å². The van der Waals surface area contributed by atoms with Crippen LogP contribution in [0.25, 0.3) is 21.5 Å². The number of nitrogens with one attached hydrogen (secondary N) is 1. The molecule has 0 saturated carbocycles. The number of para-hydroxylation sites is 1. The van der Waals surface area contributed by atoms with E-state index in [2.05, 4.69) is 5.32 Å². The summed E-state index contributed by atoms with van der Waals surface area (Å²) < 4.78 is 5.53. The molecule has 0 radical (unpaired) electrons. The van der Waals surface area contributed by atoms with Crippen LogP contribution in [0.15, 0.2) is 47.8 Å². The second-order valence-electron chi connectivity index (χ2n) is 8.37. The summed E-state index contributed by atoms with van der Waals surface area (Å²) in [6.07, 6.45) is 3.68. The lowest BCUT2D eigenvalue weighted by Gasteiger charge is -2.14. The van der Waals surface area contributed by atoms with Crippen molar-refractivity contribution in [2.45, 2.75) is 45.6 Å². The van der Waals surface area contributed by atoms with Crippen molar-refractivity contribution < 1.29 is 14.3 Å². The molecule has 1 N–H and O–H groups in total. The van der Waals surface area contributed by atoms with Crippen molar-refractivity contribution in [3.63, 3.8) is 0 Å². The first-order valence-corrected chi connectivity index (χ1v) is 12.8. The van der Waals surface area contributed by atoms with Crippen molar-refractivity contribution in [1.82, 2.24) is 4.98 Å². The number of aromatic nitrogens is 1. The molecule has 5 rings (SSSR count). The minimum absolute atomic E-state index is 0.224. The number of carbonyl (C=O) groups is 2. The Kier molecular flexibility index (Phi) is 6.00. The van der Waals surface area contributed by atoms with Gasteiger partial charge in [-0.2, -0.15) is 0 Å². The van der Waals surface area contributed by atoms with E-state index < -0.39 is 0 Å². The molecular formula is C26H24N2O3S2. The molecule has 0 unspecified atom stereocenters. The highest BCUT2D eigenvalue weighted by Crippen LogP contribution is 2.39. The van der Waals surface area contributed by atoms with E-state index in [1.165, 1.54) is 16.2 Å². The molecule has 3 heterocycles. The molecule has 4 aromatic rings. The summed E-state index contributed by atoms with van der Waals surface area (Å²) in [5.41, 5.74) is 3.62. The van der Waals surface area contributed by atoms with Gasteiger partial charge in [-0.05, 0) is 68.7 Å². The Morgan fingerprint density at radius 2 is 1.91 bits per heavy atom. The van der Waals surface area contributed by atoms with Gasteiger partial charge in [0.1, 0.15) is 5.00 Å². The maximum Gasteiger partial charge on any atom is 0.341 e. The molecule has 0 aliphatic heterocycles. The molecule has 0 atom stereocenters. The third-order valence-corrected chi connectivity index (χ3v) is 7.78. The smallest absolute Gasteiger partial charge is 0.341 e. The monoisotopic (exact) mass is 476 g/mol. The number of benzene rings is 1. The number of rotatable bonds is 5. The lowest BCUT2D eigenvalue weighted by Crippen LogP contribution is -2.18. The van der Waals surface area contributed by atoms with Crippen LogP contribution in [0.3, 0.4) is 0 Å². The number of anilines is 1. The summed E-state index contributed by atoms with van der Waals surface area (Å²) in [5.74, 6) is -0.609. The molecule has 3 aromatic heterocycles. The Balaban J connectivity index is 1.57. The van der Waals surface area contributed by atoms with E-state index in [4.69, 9.17) is 9.72 Å². The number of amides is 1. The van der Waals surface area contributed by atoms with Crippen LogP contribution >= 0.6 is 22.7 Å². The standard InChI is InChI=1S/C26H24N2O3S2/c1-15(2)31-26(30)23-17-9-4-6-11-21(17)33-25(23)28-24(29)18-14-20(22-12-7-13-32-22)27-19-10-5-3-8-16(18)19/h3,5,7-8,10,12-15H,4,6,9,11H2,1-2H3,(H,28,29). The van der Waals surface area contributed by atoms with Crippen LogP contribution in [-0.4, -0.2) is 23.0 Å². The zero-order chi connectivity index (χ0) is 22.9. The van der Waals surface area contributed by atoms with Crippen molar-refractivity contribution in [3.8, 4) is 10.6 Å². The van der Waals surface area contributed by atoms with Gasteiger partial charge in [-0.25, -0.2) is 9.78 Å². The molecule has 168 valence electrons. The Morgan fingerprint density at radius 1 is 1.09 bits per heavy atom. The minimum Gasteiger partial charge on any atom is -0.459 e. The second kappa shape index (κ2) is 9.08. The van der Waals surface area contributed by atoms with Gasteiger partial charge >= 0.3 is 5.97 Å². The van der Waals surface area contributed by atoms with Gasteiger partial charge in [0.2, 0.25) is 0 Å². The Bertz CT molecular complexity index is 1340. The van der Waals surface area contributed by atoms with Crippen LogP contribution in [0.5, 0.6) is 0 Å². The molecular weight excluding hydrogens is 452 g/mol. The van der Waals surface area contributed by atoms with Crippen molar-refractivity contribution >= 4 is 50.5 Å². The fourth-order valence-corrected chi connectivity index (χ4v) is 6.19. The fraction of sp³-hybridized carbons (Fsp3) is 0.269. The van der Waals surface area contributed by atoms with Gasteiger partial charge in [0.25, 0.3) is 5.91 Å². The SMILES string of the molecule is CC(C)OC(=O)c1c(NC(=O)c2cc(-c3cccs3)nc3ccccc23)sc2c1CCCC2. The average Bonchev–Trinajstić information content (AvgIpc) is 3.45. The molecule has 0 saturated heterocycles. The Labute approximate surface area is 200 Å². The lowest BCUT2D eigenvalue weighted by molar-refractivity contribution is 0.0378. The second-order valence-corrected chi connectivity index (χ2v) is 10.4. The van der Waals surface area contributed by atoms with Gasteiger partial charge in [-0.3, -0.25) is 4.79 Å². The van der Waals surface area contributed by atoms with Crippen LogP contribution in [0, 0.1) is 0 Å². The van der Waals surface area contributed by atoms with Gasteiger partial charge in [-0.15, -0.1) is 22.7 Å². The molecule has 7 heteroatoms. The number of hydrogen-bond acceptors (Lipinski definition) is 6. The molecule has 1 aliphatic rings. The zero-order valence-corrected chi connectivity index (χ0v) is 20.1. The molecule has 1 aliphatic carbocycles. The van der Waals surface area contributed by atoms with Gasteiger partial charge < -0.3 is 10.1 Å². The lowest BCUT2D eigenvalue weighted by atomic mass is 9.95. The van der Waals surface area contributed by atoms with Crippen LogP contribution in [0.4, 0.5) is 5.00 Å². The van der Waals surface area contributed by atoms with Crippen molar-refractivity contribution in [2.24, 2.45) is 0 Å². The predicted molar refractivity (Wildman–Crippen MR) is 135 cm³/mol. The summed E-state index contributed by atoms with van der Waals surface area (Å²) in [6.45, 7) is 3.67. The Morgan fingerprint density at radius 3 is 2.70 bits per heavy atom. The van der Waals surface area contributed by atoms with Crippen molar-refractivity contribution in [2.75, 3.05) is 5.32 Å². The number of fused-ring (bicyclic) bond motifs is 2. The van der Waals surface area contributed by atoms with E-state index >= 15 is 0 Å². The molecule has 5 nitrogen and oxygen atoms in total. The molecule has 0 fully saturated rings. The van der Waals surface area contributed by atoms with Gasteiger partial charge in [0, 0.05) is 10.3 Å². The van der Waals surface area contributed by atoms with Crippen LogP contribution in [0.2, 0.25) is 0 Å². The zero-order valence-electron chi connectivity index (χ0n) is 18.5. The number of hydrogen-bond donors (Lipinski definition) is 1. The molecule has 33 heavy (non-hydrogen) atoms. The number of aryl methyl sites for hydroxylation is 1. The molecule has 1 aromatic carbocycles. The minimum atomic E-state index is -0.362.